The molecule has 150 valence electrons. The SMILES string of the molecule is Cc1ccc(NC(=O)Nc2cccnc2Oc2ccccc2C(C)(C)C)cc1C. The third kappa shape index (κ3) is 5.13. The van der Waals surface area contributed by atoms with Gasteiger partial charge in [0, 0.05) is 17.4 Å². The van der Waals surface area contributed by atoms with E-state index in [4.69, 9.17) is 4.74 Å². The summed E-state index contributed by atoms with van der Waals surface area (Å²) in [6.45, 7) is 10.4. The summed E-state index contributed by atoms with van der Waals surface area (Å²) in [4.78, 5) is 16.8. The minimum absolute atomic E-state index is 0.0837. The van der Waals surface area contributed by atoms with Crippen molar-refractivity contribution in [3.8, 4) is 11.6 Å². The number of carbonyl (C=O) groups is 1. The third-order valence-electron chi connectivity index (χ3n) is 4.69. The van der Waals surface area contributed by atoms with Crippen molar-refractivity contribution in [2.45, 2.75) is 40.0 Å². The zero-order valence-electron chi connectivity index (χ0n) is 17.5. The van der Waals surface area contributed by atoms with E-state index in [0.29, 0.717) is 11.6 Å². The number of ether oxygens (including phenoxy) is 1. The van der Waals surface area contributed by atoms with E-state index >= 15 is 0 Å². The van der Waals surface area contributed by atoms with E-state index in [0.717, 1.165) is 22.6 Å². The predicted molar refractivity (Wildman–Crippen MR) is 118 cm³/mol. The van der Waals surface area contributed by atoms with Crippen LogP contribution in [0, 0.1) is 13.8 Å². The number of carbonyl (C=O) groups excluding carboxylic acids is 1. The third-order valence-corrected chi connectivity index (χ3v) is 4.69. The highest BCUT2D eigenvalue weighted by Gasteiger charge is 2.20. The molecule has 5 nitrogen and oxygen atoms in total. The van der Waals surface area contributed by atoms with E-state index in [1.807, 2.05) is 56.3 Å². The van der Waals surface area contributed by atoms with Crippen LogP contribution in [-0.4, -0.2) is 11.0 Å². The zero-order valence-corrected chi connectivity index (χ0v) is 17.5. The first-order chi connectivity index (χ1) is 13.7. The van der Waals surface area contributed by atoms with Crippen molar-refractivity contribution in [3.63, 3.8) is 0 Å². The molecule has 0 radical (unpaired) electrons. The maximum absolute atomic E-state index is 12.5. The molecule has 1 heterocycles. The normalized spacial score (nSPS) is 11.1. The van der Waals surface area contributed by atoms with Gasteiger partial charge in [-0.2, -0.15) is 0 Å². The van der Waals surface area contributed by atoms with E-state index in [-0.39, 0.29) is 11.4 Å². The summed E-state index contributed by atoms with van der Waals surface area (Å²) in [5, 5.41) is 5.69. The lowest BCUT2D eigenvalue weighted by Crippen LogP contribution is -2.20. The maximum Gasteiger partial charge on any atom is 0.323 e. The van der Waals surface area contributed by atoms with Crippen LogP contribution in [0.2, 0.25) is 0 Å². The highest BCUT2D eigenvalue weighted by atomic mass is 16.5. The predicted octanol–water partition coefficient (Wildman–Crippen LogP) is 6.43. The molecule has 2 amide bonds. The average molecular weight is 389 g/mol. The molecule has 0 atom stereocenters. The van der Waals surface area contributed by atoms with Crippen molar-refractivity contribution in [1.29, 1.82) is 0 Å². The van der Waals surface area contributed by atoms with Gasteiger partial charge < -0.3 is 15.4 Å². The average Bonchev–Trinajstić information content (AvgIpc) is 2.66. The summed E-state index contributed by atoms with van der Waals surface area (Å²) in [5.74, 6) is 1.07. The lowest BCUT2D eigenvalue weighted by Gasteiger charge is -2.22. The van der Waals surface area contributed by atoms with Crippen LogP contribution in [0.25, 0.3) is 0 Å². The topological polar surface area (TPSA) is 63.2 Å². The first kappa shape index (κ1) is 20.4. The van der Waals surface area contributed by atoms with Crippen LogP contribution in [0.5, 0.6) is 11.6 Å². The lowest BCUT2D eigenvalue weighted by molar-refractivity contribution is 0.262. The molecular weight excluding hydrogens is 362 g/mol. The Morgan fingerprint density at radius 2 is 1.69 bits per heavy atom. The van der Waals surface area contributed by atoms with Crippen molar-refractivity contribution >= 4 is 17.4 Å². The summed E-state index contributed by atoms with van der Waals surface area (Å²) in [5.41, 5.74) is 4.51. The van der Waals surface area contributed by atoms with Gasteiger partial charge in [-0.1, -0.05) is 45.0 Å². The van der Waals surface area contributed by atoms with E-state index in [1.54, 1.807) is 18.3 Å². The molecule has 1 aromatic heterocycles. The summed E-state index contributed by atoms with van der Waals surface area (Å²) < 4.78 is 6.10. The Labute approximate surface area is 172 Å². The summed E-state index contributed by atoms with van der Waals surface area (Å²) >= 11 is 0. The van der Waals surface area contributed by atoms with Crippen LogP contribution in [0.15, 0.2) is 60.8 Å². The molecule has 0 saturated carbocycles. The van der Waals surface area contributed by atoms with Crippen LogP contribution in [-0.2, 0) is 5.41 Å². The Morgan fingerprint density at radius 1 is 0.931 bits per heavy atom. The standard InChI is InChI=1S/C24H27N3O2/c1-16-12-13-18(15-17(16)2)26-23(28)27-20-10-8-14-25-22(20)29-21-11-7-6-9-19(21)24(3,4)5/h6-15H,1-5H3,(H2,26,27,28). The minimum atomic E-state index is -0.352. The number of pyridine rings is 1. The van der Waals surface area contributed by atoms with E-state index in [1.165, 1.54) is 5.56 Å². The molecule has 0 unspecified atom stereocenters. The van der Waals surface area contributed by atoms with Gasteiger partial charge in [0.2, 0.25) is 5.88 Å². The number of aryl methyl sites for hydroxylation is 2. The molecule has 0 fully saturated rings. The fraction of sp³-hybridized carbons (Fsp3) is 0.250. The number of anilines is 2. The molecule has 5 heteroatoms. The Hall–Kier alpha value is -3.34. The number of urea groups is 1. The molecule has 0 bridgehead atoms. The molecular formula is C24H27N3O2. The van der Waals surface area contributed by atoms with Gasteiger partial charge in [0.25, 0.3) is 0 Å². The quantitative estimate of drug-likeness (QED) is 0.540. The second-order valence-electron chi connectivity index (χ2n) is 8.08. The van der Waals surface area contributed by atoms with Crippen molar-refractivity contribution in [3.05, 3.63) is 77.5 Å². The number of hydrogen-bond acceptors (Lipinski definition) is 3. The number of nitrogens with zero attached hydrogens (tertiary/aromatic N) is 1. The molecule has 0 aliphatic heterocycles. The number of hydrogen-bond donors (Lipinski definition) is 2. The van der Waals surface area contributed by atoms with Gasteiger partial charge in [0.15, 0.2) is 0 Å². The Balaban J connectivity index is 1.79. The number of aromatic nitrogens is 1. The van der Waals surface area contributed by atoms with Crippen molar-refractivity contribution in [2.24, 2.45) is 0 Å². The van der Waals surface area contributed by atoms with Gasteiger partial charge in [-0.05, 0) is 60.7 Å². The summed E-state index contributed by atoms with van der Waals surface area (Å²) in [6.07, 6.45) is 1.64. The van der Waals surface area contributed by atoms with Gasteiger partial charge in [0.1, 0.15) is 11.4 Å². The summed E-state index contributed by atoms with van der Waals surface area (Å²) in [6, 6.07) is 16.8. The first-order valence-corrected chi connectivity index (χ1v) is 9.61. The van der Waals surface area contributed by atoms with Crippen LogP contribution in [0.1, 0.15) is 37.5 Å². The molecule has 0 saturated heterocycles. The molecule has 3 aromatic rings. The fourth-order valence-electron chi connectivity index (χ4n) is 2.95. The fourth-order valence-corrected chi connectivity index (χ4v) is 2.95. The monoisotopic (exact) mass is 389 g/mol. The van der Waals surface area contributed by atoms with Gasteiger partial charge in [-0.3, -0.25) is 0 Å². The van der Waals surface area contributed by atoms with Crippen LogP contribution in [0.3, 0.4) is 0 Å². The maximum atomic E-state index is 12.5. The van der Waals surface area contributed by atoms with E-state index in [2.05, 4.69) is 36.4 Å². The van der Waals surface area contributed by atoms with Gasteiger partial charge in [0.05, 0.1) is 0 Å². The highest BCUT2D eigenvalue weighted by Crippen LogP contribution is 2.35. The number of rotatable bonds is 4. The lowest BCUT2D eigenvalue weighted by atomic mass is 9.86. The van der Waals surface area contributed by atoms with Gasteiger partial charge in [-0.15, -0.1) is 0 Å². The van der Waals surface area contributed by atoms with Crippen LogP contribution < -0.4 is 15.4 Å². The second-order valence-corrected chi connectivity index (χ2v) is 8.08. The molecule has 0 aliphatic rings. The second kappa shape index (κ2) is 8.35. The molecule has 29 heavy (non-hydrogen) atoms. The number of para-hydroxylation sites is 1. The number of benzene rings is 2. The van der Waals surface area contributed by atoms with Crippen LogP contribution >= 0.6 is 0 Å². The van der Waals surface area contributed by atoms with E-state index in [9.17, 15) is 4.79 Å². The first-order valence-electron chi connectivity index (χ1n) is 9.61. The van der Waals surface area contributed by atoms with Crippen molar-refractivity contribution in [2.75, 3.05) is 10.6 Å². The summed E-state index contributed by atoms with van der Waals surface area (Å²) in [7, 11) is 0. The molecule has 2 aromatic carbocycles. The van der Waals surface area contributed by atoms with E-state index < -0.39 is 0 Å². The Morgan fingerprint density at radius 3 is 2.41 bits per heavy atom. The highest BCUT2D eigenvalue weighted by molar-refractivity contribution is 6.00. The largest absolute Gasteiger partial charge is 0.437 e. The Kier molecular flexibility index (Phi) is 5.87. The smallest absolute Gasteiger partial charge is 0.323 e. The molecule has 3 rings (SSSR count). The number of amides is 2. The van der Waals surface area contributed by atoms with Gasteiger partial charge in [-0.25, -0.2) is 9.78 Å². The van der Waals surface area contributed by atoms with Crippen molar-refractivity contribution < 1.29 is 9.53 Å². The minimum Gasteiger partial charge on any atom is -0.437 e. The molecule has 0 spiro atoms. The van der Waals surface area contributed by atoms with Gasteiger partial charge >= 0.3 is 6.03 Å². The van der Waals surface area contributed by atoms with Crippen molar-refractivity contribution in [1.82, 2.24) is 4.98 Å². The number of nitrogens with one attached hydrogen (secondary N) is 2. The molecule has 2 N–H and O–H groups in total. The zero-order chi connectivity index (χ0) is 21.0. The van der Waals surface area contributed by atoms with Crippen LogP contribution in [0.4, 0.5) is 16.2 Å². The Bertz CT molecular complexity index is 1020. The molecule has 0 aliphatic carbocycles.